The van der Waals surface area contributed by atoms with Crippen LogP contribution in [0.4, 0.5) is 0 Å². The van der Waals surface area contributed by atoms with E-state index in [0.717, 1.165) is 23.1 Å². The van der Waals surface area contributed by atoms with Crippen molar-refractivity contribution in [2.75, 3.05) is 6.61 Å². The van der Waals surface area contributed by atoms with Gasteiger partial charge in [0.1, 0.15) is 11.5 Å². The smallest absolute Gasteiger partial charge is 0.279 e. The highest BCUT2D eigenvalue weighted by Gasteiger charge is 2.19. The zero-order chi connectivity index (χ0) is 24.3. The van der Waals surface area contributed by atoms with Crippen molar-refractivity contribution < 1.29 is 19.1 Å². The molecular weight excluding hydrogens is 428 g/mol. The summed E-state index contributed by atoms with van der Waals surface area (Å²) in [5.74, 6) is 0.700. The molecule has 0 saturated heterocycles. The predicted octanol–water partition coefficient (Wildman–Crippen LogP) is 5.25. The summed E-state index contributed by atoms with van der Waals surface area (Å²) in [6.45, 7) is 5.86. The van der Waals surface area contributed by atoms with Gasteiger partial charge in [0, 0.05) is 0 Å². The molecule has 0 spiro atoms. The van der Waals surface area contributed by atoms with Crippen molar-refractivity contribution in [3.8, 4) is 22.6 Å². The van der Waals surface area contributed by atoms with E-state index in [2.05, 4.69) is 24.7 Å². The van der Waals surface area contributed by atoms with Gasteiger partial charge in [-0.2, -0.15) is 0 Å². The van der Waals surface area contributed by atoms with Gasteiger partial charge in [0.05, 0.1) is 0 Å². The Labute approximate surface area is 201 Å². The molecule has 178 valence electrons. The van der Waals surface area contributed by atoms with Crippen LogP contribution in [0.1, 0.15) is 45.1 Å². The fourth-order valence-electron chi connectivity index (χ4n) is 3.47. The maximum atomic E-state index is 12.5. The van der Waals surface area contributed by atoms with Gasteiger partial charge in [-0.15, -0.1) is 0 Å². The van der Waals surface area contributed by atoms with Crippen LogP contribution in [-0.4, -0.2) is 24.5 Å². The molecule has 6 heteroatoms. The molecule has 0 aliphatic heterocycles. The van der Waals surface area contributed by atoms with Gasteiger partial charge in [-0.3, -0.25) is 20.4 Å². The fourth-order valence-corrected chi connectivity index (χ4v) is 3.47. The minimum absolute atomic E-state index is 0.202. The Morgan fingerprint density at radius 1 is 0.794 bits per heavy atom. The number of carbonyl (C=O) groups excluding carboxylic acids is 2. The van der Waals surface area contributed by atoms with E-state index in [1.165, 1.54) is 0 Å². The molecule has 0 saturated carbocycles. The topological polar surface area (TPSA) is 76.7 Å². The fraction of sp³-hybridized carbons (Fsp3) is 0.286. The van der Waals surface area contributed by atoms with Crippen LogP contribution in [0, 0.1) is 0 Å². The van der Waals surface area contributed by atoms with Crippen molar-refractivity contribution in [3.63, 3.8) is 0 Å². The van der Waals surface area contributed by atoms with Crippen molar-refractivity contribution in [3.05, 3.63) is 84.4 Å². The Balaban J connectivity index is 1.49. The molecule has 3 aromatic rings. The summed E-state index contributed by atoms with van der Waals surface area (Å²) in [7, 11) is 0. The normalized spacial score (nSPS) is 12.3. The lowest BCUT2D eigenvalue weighted by molar-refractivity contribution is -0.134. The molecular formula is C28H32N2O4. The van der Waals surface area contributed by atoms with Gasteiger partial charge in [0.25, 0.3) is 11.8 Å². The van der Waals surface area contributed by atoms with Crippen LogP contribution in [0.2, 0.25) is 0 Å². The molecule has 3 rings (SSSR count). The number of hydrogen-bond donors (Lipinski definition) is 2. The third kappa shape index (κ3) is 6.85. The lowest BCUT2D eigenvalue weighted by atomic mass is 9.98. The number of nitrogens with one attached hydrogen (secondary N) is 2. The molecule has 0 heterocycles. The van der Waals surface area contributed by atoms with E-state index in [1.54, 1.807) is 0 Å². The number of para-hydroxylation sites is 1. The molecule has 2 atom stereocenters. The average molecular weight is 461 g/mol. The van der Waals surface area contributed by atoms with Gasteiger partial charge in [-0.1, -0.05) is 81.4 Å². The van der Waals surface area contributed by atoms with E-state index in [9.17, 15) is 9.59 Å². The third-order valence-corrected chi connectivity index (χ3v) is 5.65. The molecule has 6 nitrogen and oxygen atoms in total. The number of carbonyl (C=O) groups is 2. The maximum absolute atomic E-state index is 12.5. The van der Waals surface area contributed by atoms with E-state index < -0.39 is 17.9 Å². The number of hydrazine groups is 1. The molecule has 34 heavy (non-hydrogen) atoms. The Morgan fingerprint density at radius 3 is 2.12 bits per heavy atom. The second-order valence-electron chi connectivity index (χ2n) is 8.08. The van der Waals surface area contributed by atoms with Gasteiger partial charge in [-0.05, 0) is 53.6 Å². The Morgan fingerprint density at radius 2 is 1.44 bits per heavy atom. The number of hydrogen-bond acceptors (Lipinski definition) is 4. The van der Waals surface area contributed by atoms with Crippen LogP contribution in [-0.2, 0) is 9.59 Å². The minimum Gasteiger partial charge on any atom is -0.483 e. The van der Waals surface area contributed by atoms with Crippen LogP contribution >= 0.6 is 0 Å². The largest absolute Gasteiger partial charge is 0.483 e. The lowest BCUT2D eigenvalue weighted by Gasteiger charge is -2.18. The van der Waals surface area contributed by atoms with E-state index in [-0.39, 0.29) is 6.61 Å². The highest BCUT2D eigenvalue weighted by atomic mass is 16.5. The molecule has 2 N–H and O–H groups in total. The van der Waals surface area contributed by atoms with Crippen LogP contribution in [0.5, 0.6) is 11.5 Å². The van der Waals surface area contributed by atoms with Crippen molar-refractivity contribution in [2.24, 2.45) is 0 Å². The van der Waals surface area contributed by atoms with Crippen LogP contribution in [0.25, 0.3) is 11.1 Å². The van der Waals surface area contributed by atoms with E-state index in [4.69, 9.17) is 9.47 Å². The van der Waals surface area contributed by atoms with Crippen LogP contribution in [0.15, 0.2) is 78.9 Å². The number of rotatable bonds is 10. The van der Waals surface area contributed by atoms with Gasteiger partial charge >= 0.3 is 0 Å². The van der Waals surface area contributed by atoms with E-state index in [0.29, 0.717) is 23.8 Å². The SMILES string of the molecule is CCC(Oc1ccc(-c2ccccc2)cc1)C(=O)NNC(=O)COc1ccccc1C(C)CC. The summed E-state index contributed by atoms with van der Waals surface area (Å²) in [6, 6.07) is 25.3. The molecule has 2 amide bonds. The summed E-state index contributed by atoms with van der Waals surface area (Å²) in [5, 5.41) is 0. The highest BCUT2D eigenvalue weighted by Crippen LogP contribution is 2.28. The van der Waals surface area contributed by atoms with Gasteiger partial charge in [0.2, 0.25) is 0 Å². The summed E-state index contributed by atoms with van der Waals surface area (Å²) in [4.78, 5) is 24.8. The van der Waals surface area contributed by atoms with Crippen molar-refractivity contribution >= 4 is 11.8 Å². The molecule has 0 aliphatic carbocycles. The van der Waals surface area contributed by atoms with Gasteiger partial charge in [-0.25, -0.2) is 0 Å². The first-order chi connectivity index (χ1) is 16.5. The molecule has 0 aromatic heterocycles. The molecule has 2 unspecified atom stereocenters. The quantitative estimate of drug-likeness (QED) is 0.405. The first-order valence-corrected chi connectivity index (χ1v) is 11.6. The second-order valence-corrected chi connectivity index (χ2v) is 8.08. The zero-order valence-corrected chi connectivity index (χ0v) is 19.9. The Hall–Kier alpha value is -3.80. The van der Waals surface area contributed by atoms with Gasteiger partial charge < -0.3 is 9.47 Å². The monoisotopic (exact) mass is 460 g/mol. The van der Waals surface area contributed by atoms with E-state index >= 15 is 0 Å². The first-order valence-electron chi connectivity index (χ1n) is 11.6. The second kappa shape index (κ2) is 12.4. The molecule has 0 fully saturated rings. The zero-order valence-electron chi connectivity index (χ0n) is 19.9. The number of amides is 2. The molecule has 0 aliphatic rings. The number of ether oxygens (including phenoxy) is 2. The molecule has 0 radical (unpaired) electrons. The summed E-state index contributed by atoms with van der Waals surface area (Å²) in [5.41, 5.74) is 8.06. The van der Waals surface area contributed by atoms with Crippen molar-refractivity contribution in [1.29, 1.82) is 0 Å². The summed E-state index contributed by atoms with van der Waals surface area (Å²) >= 11 is 0. The number of benzene rings is 3. The lowest BCUT2D eigenvalue weighted by Crippen LogP contribution is -2.49. The summed E-state index contributed by atoms with van der Waals surface area (Å²) in [6.07, 6.45) is 0.673. The van der Waals surface area contributed by atoms with Crippen LogP contribution < -0.4 is 20.3 Å². The predicted molar refractivity (Wildman–Crippen MR) is 134 cm³/mol. The molecule has 3 aromatic carbocycles. The Kier molecular flexibility index (Phi) is 9.09. The summed E-state index contributed by atoms with van der Waals surface area (Å²) < 4.78 is 11.5. The van der Waals surface area contributed by atoms with Crippen molar-refractivity contribution in [2.45, 2.75) is 45.6 Å². The van der Waals surface area contributed by atoms with Gasteiger partial charge in [0.15, 0.2) is 12.7 Å². The molecule has 0 bridgehead atoms. The first kappa shape index (κ1) is 24.8. The minimum atomic E-state index is -0.741. The average Bonchev–Trinajstić information content (AvgIpc) is 2.89. The maximum Gasteiger partial charge on any atom is 0.279 e. The third-order valence-electron chi connectivity index (χ3n) is 5.65. The Bertz CT molecular complexity index is 1070. The van der Waals surface area contributed by atoms with Crippen LogP contribution in [0.3, 0.4) is 0 Å². The highest BCUT2D eigenvalue weighted by molar-refractivity contribution is 5.85. The van der Waals surface area contributed by atoms with Crippen molar-refractivity contribution in [1.82, 2.24) is 10.9 Å². The standard InChI is InChI=1S/C28H32N2O4/c1-4-20(3)24-13-9-10-14-26(24)33-19-27(31)29-30-28(32)25(5-2)34-23-17-15-22(16-18-23)21-11-7-6-8-12-21/h6-18,20,25H,4-5,19H2,1-3H3,(H,29,31)(H,30,32). The van der Waals surface area contributed by atoms with E-state index in [1.807, 2.05) is 85.8 Å².